The predicted octanol–water partition coefficient (Wildman–Crippen LogP) is 3.58. The predicted molar refractivity (Wildman–Crippen MR) is 159 cm³/mol. The fraction of sp³-hybridized carbons (Fsp3) is 0.310. The maximum Gasteiger partial charge on any atom is 0.326 e. The van der Waals surface area contributed by atoms with Crippen LogP contribution >= 0.6 is 11.3 Å². The second-order valence-corrected chi connectivity index (χ2v) is 12.5. The van der Waals surface area contributed by atoms with Gasteiger partial charge in [-0.3, -0.25) is 4.90 Å². The van der Waals surface area contributed by atoms with Crippen molar-refractivity contribution < 1.29 is 23.1 Å². The number of carboxylic acids is 1. The molecule has 11 nitrogen and oxygen atoms in total. The molecule has 1 fully saturated rings. The number of nitrogens with one attached hydrogen (secondary N) is 1. The summed E-state index contributed by atoms with van der Waals surface area (Å²) in [4.78, 5) is 27.2. The maximum absolute atomic E-state index is 13.7. The van der Waals surface area contributed by atoms with Gasteiger partial charge in [-0.25, -0.2) is 28.2 Å². The fourth-order valence-corrected chi connectivity index (χ4v) is 6.56. The van der Waals surface area contributed by atoms with Crippen LogP contribution < -0.4 is 5.32 Å². The van der Waals surface area contributed by atoms with Crippen molar-refractivity contribution in [2.75, 3.05) is 38.2 Å². The van der Waals surface area contributed by atoms with E-state index in [0.29, 0.717) is 37.7 Å². The molecule has 0 amide bonds. The number of nitrogens with zero attached hydrogens (tertiary/aromatic N) is 5. The zero-order chi connectivity index (χ0) is 29.4. The second kappa shape index (κ2) is 13.9. The molecule has 0 bridgehead atoms. The van der Waals surface area contributed by atoms with Crippen LogP contribution in [0.4, 0.5) is 5.82 Å². The molecule has 1 aliphatic rings. The fourth-order valence-electron chi connectivity index (χ4n) is 4.58. The van der Waals surface area contributed by atoms with Gasteiger partial charge in [0.2, 0.25) is 0 Å². The first-order valence-electron chi connectivity index (χ1n) is 13.5. The minimum absolute atomic E-state index is 0.0336. The van der Waals surface area contributed by atoms with Gasteiger partial charge in [0.05, 0.1) is 25.5 Å². The molecular formula is C29H32N6O5S2. The lowest BCUT2D eigenvalue weighted by atomic mass is 10.1. The molecule has 0 aliphatic carbocycles. The van der Waals surface area contributed by atoms with Crippen molar-refractivity contribution in [1.82, 2.24) is 24.2 Å². The van der Waals surface area contributed by atoms with Gasteiger partial charge in [0.1, 0.15) is 16.9 Å². The molecule has 1 aromatic carbocycles. The Hall–Kier alpha value is -3.75. The van der Waals surface area contributed by atoms with Crippen molar-refractivity contribution in [2.45, 2.75) is 30.6 Å². The molecule has 3 aromatic heterocycles. The van der Waals surface area contributed by atoms with Crippen molar-refractivity contribution in [3.63, 3.8) is 0 Å². The molecule has 220 valence electrons. The van der Waals surface area contributed by atoms with E-state index < -0.39 is 22.0 Å². The van der Waals surface area contributed by atoms with E-state index in [2.05, 4.69) is 25.2 Å². The Balaban J connectivity index is 1.34. The van der Waals surface area contributed by atoms with Gasteiger partial charge < -0.3 is 15.2 Å². The molecule has 0 radical (unpaired) electrons. The molecule has 1 aliphatic heterocycles. The zero-order valence-corrected chi connectivity index (χ0v) is 24.5. The van der Waals surface area contributed by atoms with E-state index in [1.807, 2.05) is 29.6 Å². The number of anilines is 1. The number of hydrogen-bond acceptors (Lipinski definition) is 10. The van der Waals surface area contributed by atoms with Crippen LogP contribution in [0.25, 0.3) is 10.6 Å². The molecule has 0 spiro atoms. The Morgan fingerprint density at radius 1 is 1.02 bits per heavy atom. The van der Waals surface area contributed by atoms with Crippen LogP contribution in [-0.2, 0) is 32.6 Å². The average molecular weight is 609 g/mol. The quantitative estimate of drug-likeness (QED) is 0.232. The number of thiazole rings is 1. The van der Waals surface area contributed by atoms with Gasteiger partial charge in [0, 0.05) is 49.5 Å². The maximum atomic E-state index is 13.7. The van der Waals surface area contributed by atoms with Gasteiger partial charge in [-0.2, -0.15) is 4.31 Å². The number of carbonyl (C=O) groups is 1. The van der Waals surface area contributed by atoms with Crippen LogP contribution in [-0.4, -0.2) is 82.5 Å². The normalized spacial score (nSPS) is 15.0. The third-order valence-corrected chi connectivity index (χ3v) is 9.37. The van der Waals surface area contributed by atoms with Gasteiger partial charge >= 0.3 is 5.97 Å². The highest BCUT2D eigenvalue weighted by atomic mass is 32.2. The highest BCUT2D eigenvalue weighted by molar-refractivity contribution is 7.89. The molecule has 1 unspecified atom stereocenters. The lowest BCUT2D eigenvalue weighted by Crippen LogP contribution is -2.40. The van der Waals surface area contributed by atoms with Gasteiger partial charge in [-0.15, -0.1) is 11.3 Å². The first kappa shape index (κ1) is 29.7. The van der Waals surface area contributed by atoms with Crippen molar-refractivity contribution in [3.8, 4) is 10.6 Å². The molecule has 4 aromatic rings. The molecule has 1 atom stereocenters. The van der Waals surface area contributed by atoms with Gasteiger partial charge in [0.15, 0.2) is 5.03 Å². The third-order valence-electron chi connectivity index (χ3n) is 6.84. The van der Waals surface area contributed by atoms with Crippen LogP contribution in [0.1, 0.15) is 17.7 Å². The van der Waals surface area contributed by atoms with E-state index in [1.165, 1.54) is 27.9 Å². The van der Waals surface area contributed by atoms with Crippen molar-refractivity contribution in [2.24, 2.45) is 0 Å². The zero-order valence-electron chi connectivity index (χ0n) is 22.9. The summed E-state index contributed by atoms with van der Waals surface area (Å²) in [6, 6.07) is 16.7. The van der Waals surface area contributed by atoms with Crippen LogP contribution in [0.15, 0.2) is 83.5 Å². The molecule has 1 saturated heterocycles. The van der Waals surface area contributed by atoms with Crippen molar-refractivity contribution in [1.29, 1.82) is 0 Å². The molecule has 2 N–H and O–H groups in total. The van der Waals surface area contributed by atoms with Crippen LogP contribution in [0.3, 0.4) is 0 Å². The average Bonchev–Trinajstić information content (AvgIpc) is 3.56. The minimum Gasteiger partial charge on any atom is -0.480 e. The summed E-state index contributed by atoms with van der Waals surface area (Å²) >= 11 is 1.53. The lowest BCUT2D eigenvalue weighted by Gasteiger charge is -2.27. The standard InChI is InChI=1S/C29H32N6O5S2/c36-29(37)25(11-14-34-15-17-40-18-16-34)33-26-5-3-4-24(32-26)21-35(42(38,39)27-6-1-2-12-30-27)20-22-7-9-23(10-8-22)28-31-13-19-41-28/h1-10,12-13,19,25H,11,14-18,20-21H2,(H,32,33)(H,36,37). The van der Waals surface area contributed by atoms with Crippen molar-refractivity contribution >= 4 is 33.1 Å². The second-order valence-electron chi connectivity index (χ2n) is 9.77. The number of ether oxygens (including phenoxy) is 1. The molecular weight excluding hydrogens is 576 g/mol. The smallest absolute Gasteiger partial charge is 0.326 e. The number of aliphatic carboxylic acids is 1. The summed E-state index contributed by atoms with van der Waals surface area (Å²) in [6.07, 6.45) is 3.58. The summed E-state index contributed by atoms with van der Waals surface area (Å²) in [5.41, 5.74) is 2.21. The van der Waals surface area contributed by atoms with Crippen LogP contribution in [0.5, 0.6) is 0 Å². The summed E-state index contributed by atoms with van der Waals surface area (Å²) < 4.78 is 34.1. The number of morpholine rings is 1. The van der Waals surface area contributed by atoms with E-state index in [1.54, 1.807) is 36.5 Å². The molecule has 42 heavy (non-hydrogen) atoms. The Labute approximate surface area is 248 Å². The number of rotatable bonds is 13. The highest BCUT2D eigenvalue weighted by Crippen LogP contribution is 2.24. The first-order chi connectivity index (χ1) is 20.4. The SMILES string of the molecule is O=C(O)C(CCN1CCOCC1)Nc1cccc(CN(Cc2ccc(-c3nccs3)cc2)S(=O)(=O)c2ccccn2)n1. The molecule has 5 rings (SSSR count). The topological polar surface area (TPSA) is 138 Å². The number of sulfonamides is 1. The third kappa shape index (κ3) is 7.75. The van der Waals surface area contributed by atoms with Gasteiger partial charge in [-0.1, -0.05) is 36.4 Å². The minimum atomic E-state index is -3.98. The van der Waals surface area contributed by atoms with Gasteiger partial charge in [-0.05, 0) is 36.2 Å². The largest absolute Gasteiger partial charge is 0.480 e. The van der Waals surface area contributed by atoms with E-state index in [9.17, 15) is 18.3 Å². The number of hydrogen-bond donors (Lipinski definition) is 2. The summed E-state index contributed by atoms with van der Waals surface area (Å²) in [5, 5.41) is 15.6. The number of benzene rings is 1. The number of pyridine rings is 2. The van der Waals surface area contributed by atoms with Gasteiger partial charge in [0.25, 0.3) is 10.0 Å². The van der Waals surface area contributed by atoms with E-state index in [4.69, 9.17) is 4.74 Å². The molecule has 4 heterocycles. The van der Waals surface area contributed by atoms with Crippen LogP contribution in [0.2, 0.25) is 0 Å². The summed E-state index contributed by atoms with van der Waals surface area (Å²) in [5.74, 6) is -0.610. The van der Waals surface area contributed by atoms with E-state index >= 15 is 0 Å². The summed E-state index contributed by atoms with van der Waals surface area (Å²) in [7, 11) is -3.98. The molecule has 0 saturated carbocycles. The number of aromatic nitrogens is 3. The first-order valence-corrected chi connectivity index (χ1v) is 15.9. The van der Waals surface area contributed by atoms with E-state index in [0.717, 1.165) is 29.2 Å². The number of carboxylic acid groups (broad SMARTS) is 1. The van der Waals surface area contributed by atoms with E-state index in [-0.39, 0.29) is 18.1 Å². The monoisotopic (exact) mass is 608 g/mol. The molecule has 13 heteroatoms. The lowest BCUT2D eigenvalue weighted by molar-refractivity contribution is -0.138. The highest BCUT2D eigenvalue weighted by Gasteiger charge is 2.27. The summed E-state index contributed by atoms with van der Waals surface area (Å²) in [6.45, 7) is 3.50. The Bertz CT molecular complexity index is 1550. The van der Waals surface area contributed by atoms with Crippen molar-refractivity contribution in [3.05, 3.63) is 89.7 Å². The van der Waals surface area contributed by atoms with Crippen LogP contribution in [0, 0.1) is 0 Å². The Kier molecular flexibility index (Phi) is 9.87. The Morgan fingerprint density at radius 3 is 2.52 bits per heavy atom. The Morgan fingerprint density at radius 2 is 1.83 bits per heavy atom.